The number of nitrogens with one attached hydrogen (secondary N) is 1. The summed E-state index contributed by atoms with van der Waals surface area (Å²) in [5, 5.41) is 64.4. The van der Waals surface area contributed by atoms with Crippen molar-refractivity contribution in [3.05, 3.63) is 0 Å². The SMILES string of the molecule is CCCCCCCCCCCCCCCCCCCCCCCCCC(=O)N[C@@H](COP(=O)(O)OC1C(O)C(O)C(O)[C@@H](O)C1O)[C@H](O)CCCCCCCCCCCCCCCCCC. The number of aliphatic hydroxyl groups excluding tert-OH is 6. The molecule has 1 amide bonds. The molecule has 1 aliphatic rings. The number of hydrogen-bond donors (Lipinski definition) is 8. The van der Waals surface area contributed by atoms with Gasteiger partial charge in [0, 0.05) is 6.42 Å². The van der Waals surface area contributed by atoms with Gasteiger partial charge >= 0.3 is 7.82 Å². The van der Waals surface area contributed by atoms with E-state index in [1.54, 1.807) is 0 Å². The van der Waals surface area contributed by atoms with Crippen LogP contribution in [0.25, 0.3) is 0 Å². The maximum atomic E-state index is 13.0. The van der Waals surface area contributed by atoms with Crippen LogP contribution in [-0.2, 0) is 18.4 Å². The Kier molecular flexibility index (Phi) is 41.4. The van der Waals surface area contributed by atoms with E-state index >= 15 is 0 Å². The predicted molar refractivity (Wildman–Crippen MR) is 269 cm³/mol. The Morgan fingerprint density at radius 3 is 1.05 bits per heavy atom. The molecule has 9 atom stereocenters. The van der Waals surface area contributed by atoms with Crippen molar-refractivity contribution in [1.82, 2.24) is 5.32 Å². The van der Waals surface area contributed by atoms with Gasteiger partial charge in [0.05, 0.1) is 18.8 Å². The Bertz CT molecular complexity index is 1120. The van der Waals surface area contributed by atoms with Crippen molar-refractivity contribution in [3.8, 4) is 0 Å². The van der Waals surface area contributed by atoms with Gasteiger partial charge in [-0.1, -0.05) is 258 Å². The van der Waals surface area contributed by atoms with Crippen molar-refractivity contribution in [2.75, 3.05) is 6.61 Å². The predicted octanol–water partition coefficient (Wildman–Crippen LogP) is 12.2. The number of carbonyl (C=O) groups is 1. The van der Waals surface area contributed by atoms with E-state index in [1.807, 2.05) is 0 Å². The summed E-state index contributed by atoms with van der Waals surface area (Å²) < 4.78 is 23.1. The monoisotopic (exact) mass is 964 g/mol. The lowest BCUT2D eigenvalue weighted by molar-refractivity contribution is -0.220. The second kappa shape index (κ2) is 43.2. The minimum atomic E-state index is -5.06. The fourth-order valence-electron chi connectivity index (χ4n) is 9.38. The summed E-state index contributed by atoms with van der Waals surface area (Å²) in [6.07, 6.45) is 37.1. The maximum absolute atomic E-state index is 13.0. The van der Waals surface area contributed by atoms with Crippen LogP contribution in [-0.4, -0.2) is 96.8 Å². The highest BCUT2D eigenvalue weighted by Crippen LogP contribution is 2.47. The van der Waals surface area contributed by atoms with Gasteiger partial charge in [-0.3, -0.25) is 13.8 Å². The van der Waals surface area contributed by atoms with E-state index in [9.17, 15) is 44.9 Å². The lowest BCUT2D eigenvalue weighted by Crippen LogP contribution is -2.64. The largest absolute Gasteiger partial charge is 0.472 e. The Balaban J connectivity index is 2.33. The van der Waals surface area contributed by atoms with Crippen LogP contribution < -0.4 is 5.32 Å². The Hall–Kier alpha value is -0.660. The normalized spacial score (nSPS) is 21.8. The maximum Gasteiger partial charge on any atom is 0.472 e. The standard InChI is InChI=1S/C53H106NO11P/c1-3-5-7-9-11-13-15-17-19-21-22-23-24-25-26-27-29-31-33-35-37-39-41-43-47(56)54-45(44-64-66(62,63)65-53-51(60)49(58)48(57)50(59)52(53)61)46(55)42-40-38-36-34-32-30-28-20-18-16-14-12-10-8-6-4-2/h45-46,48-53,55,57-61H,3-44H2,1-2H3,(H,54,56)(H,62,63)/t45-,46+,48?,49+,50?,51?,52?,53?/m0/s1. The first-order chi connectivity index (χ1) is 31.9. The minimum absolute atomic E-state index is 0.243. The van der Waals surface area contributed by atoms with Crippen molar-refractivity contribution in [2.45, 2.75) is 326 Å². The van der Waals surface area contributed by atoms with Gasteiger partial charge in [-0.2, -0.15) is 0 Å². The number of aliphatic hydroxyl groups is 6. The summed E-state index contributed by atoms with van der Waals surface area (Å²) in [5.41, 5.74) is 0. The lowest BCUT2D eigenvalue weighted by atomic mass is 9.85. The van der Waals surface area contributed by atoms with Crippen molar-refractivity contribution in [1.29, 1.82) is 0 Å². The molecule has 0 aromatic rings. The van der Waals surface area contributed by atoms with Gasteiger partial charge in [0.25, 0.3) is 0 Å². The number of unbranched alkanes of at least 4 members (excludes halogenated alkanes) is 37. The zero-order chi connectivity index (χ0) is 48.5. The molecule has 1 saturated carbocycles. The average Bonchev–Trinajstić information content (AvgIpc) is 3.30. The number of phosphoric acid groups is 1. The Labute approximate surface area is 404 Å². The molecule has 6 unspecified atom stereocenters. The van der Waals surface area contributed by atoms with Gasteiger partial charge in [0.1, 0.15) is 36.6 Å². The molecule has 1 fully saturated rings. The van der Waals surface area contributed by atoms with Gasteiger partial charge in [0.2, 0.25) is 5.91 Å². The molecule has 12 nitrogen and oxygen atoms in total. The van der Waals surface area contributed by atoms with Crippen LogP contribution in [0, 0.1) is 0 Å². The van der Waals surface area contributed by atoms with Crippen LogP contribution in [0.3, 0.4) is 0 Å². The van der Waals surface area contributed by atoms with E-state index < -0.39 is 63.2 Å². The highest BCUT2D eigenvalue weighted by atomic mass is 31.2. The fourth-order valence-corrected chi connectivity index (χ4v) is 10.3. The third kappa shape index (κ3) is 33.8. The van der Waals surface area contributed by atoms with Crippen LogP contribution in [0.5, 0.6) is 0 Å². The van der Waals surface area contributed by atoms with E-state index in [0.29, 0.717) is 19.3 Å². The van der Waals surface area contributed by atoms with Gasteiger partial charge in [-0.05, 0) is 12.8 Å². The molecule has 0 aliphatic heterocycles. The van der Waals surface area contributed by atoms with E-state index in [2.05, 4.69) is 19.2 Å². The summed E-state index contributed by atoms with van der Waals surface area (Å²) in [6.45, 7) is 3.94. The van der Waals surface area contributed by atoms with Crippen molar-refractivity contribution in [2.24, 2.45) is 0 Å². The van der Waals surface area contributed by atoms with E-state index in [-0.39, 0.29) is 12.3 Å². The lowest BCUT2D eigenvalue weighted by Gasteiger charge is -2.41. The Morgan fingerprint density at radius 2 is 0.727 bits per heavy atom. The highest BCUT2D eigenvalue weighted by Gasteiger charge is 2.51. The summed E-state index contributed by atoms with van der Waals surface area (Å²) in [4.78, 5) is 23.5. The summed E-state index contributed by atoms with van der Waals surface area (Å²) >= 11 is 0. The van der Waals surface area contributed by atoms with Gasteiger partial charge in [0.15, 0.2) is 0 Å². The first-order valence-electron chi connectivity index (χ1n) is 28.0. The zero-order valence-corrected chi connectivity index (χ0v) is 43.4. The van der Waals surface area contributed by atoms with Crippen molar-refractivity contribution >= 4 is 13.7 Å². The quantitative estimate of drug-likeness (QED) is 0.0213. The summed E-state index contributed by atoms with van der Waals surface area (Å²) in [7, 11) is -5.06. The number of amides is 1. The molecular weight excluding hydrogens is 858 g/mol. The van der Waals surface area contributed by atoms with Crippen LogP contribution >= 0.6 is 7.82 Å². The number of phosphoric ester groups is 1. The van der Waals surface area contributed by atoms with Crippen LogP contribution in [0.2, 0.25) is 0 Å². The number of hydrogen-bond acceptors (Lipinski definition) is 10. The van der Waals surface area contributed by atoms with Gasteiger partial charge < -0.3 is 40.8 Å². The second-order valence-electron chi connectivity index (χ2n) is 20.1. The first-order valence-corrected chi connectivity index (χ1v) is 29.5. The minimum Gasteiger partial charge on any atom is -0.391 e. The van der Waals surface area contributed by atoms with Gasteiger partial charge in [-0.25, -0.2) is 4.57 Å². The number of rotatable bonds is 48. The second-order valence-corrected chi connectivity index (χ2v) is 21.6. The van der Waals surface area contributed by atoms with Crippen LogP contribution in [0.1, 0.15) is 277 Å². The molecule has 0 radical (unpaired) electrons. The Morgan fingerprint density at radius 1 is 0.455 bits per heavy atom. The average molecular weight is 964 g/mol. The smallest absolute Gasteiger partial charge is 0.391 e. The molecule has 0 aromatic carbocycles. The molecule has 66 heavy (non-hydrogen) atoms. The number of carbonyl (C=O) groups excluding carboxylic acids is 1. The fraction of sp³-hybridized carbons (Fsp3) is 0.981. The van der Waals surface area contributed by atoms with Crippen LogP contribution in [0.4, 0.5) is 0 Å². The van der Waals surface area contributed by atoms with Crippen molar-refractivity contribution in [3.63, 3.8) is 0 Å². The van der Waals surface area contributed by atoms with E-state index in [4.69, 9.17) is 9.05 Å². The first kappa shape index (κ1) is 63.4. The molecule has 0 heterocycles. The summed E-state index contributed by atoms with van der Waals surface area (Å²) in [6, 6.07) is -1.03. The molecule has 0 aromatic heterocycles. The molecule has 394 valence electrons. The van der Waals surface area contributed by atoms with Crippen LogP contribution in [0.15, 0.2) is 0 Å². The summed E-state index contributed by atoms with van der Waals surface area (Å²) in [5.74, 6) is -0.301. The van der Waals surface area contributed by atoms with Crippen molar-refractivity contribution < 1.29 is 53.9 Å². The van der Waals surface area contributed by atoms with E-state index in [1.165, 1.54) is 199 Å². The zero-order valence-electron chi connectivity index (χ0n) is 42.5. The topological polar surface area (TPSA) is 206 Å². The molecule has 1 aliphatic carbocycles. The van der Waals surface area contributed by atoms with Gasteiger partial charge in [-0.15, -0.1) is 0 Å². The molecule has 8 N–H and O–H groups in total. The molecule has 0 bridgehead atoms. The molecular formula is C53H106NO11P. The molecule has 13 heteroatoms. The molecule has 0 saturated heterocycles. The highest BCUT2D eigenvalue weighted by molar-refractivity contribution is 7.47. The third-order valence-electron chi connectivity index (χ3n) is 13.9. The van der Waals surface area contributed by atoms with E-state index in [0.717, 1.165) is 38.5 Å². The third-order valence-corrected chi connectivity index (χ3v) is 14.9. The molecule has 1 rings (SSSR count). The molecule has 0 spiro atoms.